The molecule has 0 unspecified atom stereocenters. The first-order chi connectivity index (χ1) is 11.0. The Labute approximate surface area is 136 Å². The molecule has 5 nitrogen and oxygen atoms in total. The molecule has 2 atom stereocenters. The summed E-state index contributed by atoms with van der Waals surface area (Å²) in [6, 6.07) is 8.17. The number of hydrogen-bond donors (Lipinski definition) is 2. The highest BCUT2D eigenvalue weighted by Crippen LogP contribution is 2.24. The van der Waals surface area contributed by atoms with Gasteiger partial charge in [-0.25, -0.2) is 0 Å². The van der Waals surface area contributed by atoms with Crippen molar-refractivity contribution in [2.75, 3.05) is 27.2 Å². The summed E-state index contributed by atoms with van der Waals surface area (Å²) in [4.78, 5) is 20.0. The van der Waals surface area contributed by atoms with E-state index in [0.29, 0.717) is 19.5 Å². The Balaban J connectivity index is 1.76. The van der Waals surface area contributed by atoms with Crippen LogP contribution in [0.3, 0.4) is 0 Å². The zero-order valence-corrected chi connectivity index (χ0v) is 14.0. The molecule has 1 aliphatic heterocycles. The third-order valence-corrected chi connectivity index (χ3v) is 4.94. The van der Waals surface area contributed by atoms with Gasteiger partial charge in [0, 0.05) is 36.7 Å². The van der Waals surface area contributed by atoms with E-state index in [1.165, 1.54) is 10.9 Å². The van der Waals surface area contributed by atoms with Gasteiger partial charge >= 0.3 is 0 Å². The molecule has 1 saturated heterocycles. The van der Waals surface area contributed by atoms with Gasteiger partial charge in [-0.15, -0.1) is 0 Å². The van der Waals surface area contributed by atoms with Gasteiger partial charge in [0.25, 0.3) is 0 Å². The number of amides is 1. The van der Waals surface area contributed by atoms with Crippen LogP contribution in [0, 0.1) is 12.8 Å². The third-order valence-electron chi connectivity index (χ3n) is 4.94. The predicted molar refractivity (Wildman–Crippen MR) is 91.1 cm³/mol. The van der Waals surface area contributed by atoms with Crippen LogP contribution in [0.2, 0.25) is 0 Å². The second kappa shape index (κ2) is 6.34. The van der Waals surface area contributed by atoms with Gasteiger partial charge in [0.2, 0.25) is 5.91 Å². The quantitative estimate of drug-likeness (QED) is 0.907. The maximum Gasteiger partial charge on any atom is 0.229 e. The maximum absolute atomic E-state index is 12.7. The number of aliphatic hydroxyl groups is 1. The van der Waals surface area contributed by atoms with Crippen molar-refractivity contribution in [1.82, 2.24) is 14.8 Å². The molecule has 0 bridgehead atoms. The number of aryl methyl sites for hydroxylation is 1. The van der Waals surface area contributed by atoms with Crippen LogP contribution in [0.25, 0.3) is 10.9 Å². The number of carbonyl (C=O) groups is 1. The van der Waals surface area contributed by atoms with Crippen LogP contribution in [-0.2, 0) is 11.3 Å². The van der Waals surface area contributed by atoms with Crippen molar-refractivity contribution in [3.63, 3.8) is 0 Å². The molecule has 1 aromatic carbocycles. The molecule has 1 fully saturated rings. The first kappa shape index (κ1) is 16.0. The Bertz CT molecular complexity index is 709. The van der Waals surface area contributed by atoms with Crippen LogP contribution < -0.4 is 0 Å². The summed E-state index contributed by atoms with van der Waals surface area (Å²) in [6.45, 7) is 4.08. The van der Waals surface area contributed by atoms with Crippen LogP contribution in [0.5, 0.6) is 0 Å². The largest absolute Gasteiger partial charge is 0.392 e. The van der Waals surface area contributed by atoms with E-state index in [9.17, 15) is 9.90 Å². The molecule has 0 radical (unpaired) electrons. The number of para-hydroxylation sites is 1. The number of rotatable bonds is 3. The summed E-state index contributed by atoms with van der Waals surface area (Å²) in [7, 11) is 3.81. The number of likely N-dealkylation sites (tertiary alicyclic amines) is 1. The molecule has 5 heteroatoms. The Morgan fingerprint density at radius 3 is 2.91 bits per heavy atom. The number of aromatic nitrogens is 1. The summed E-state index contributed by atoms with van der Waals surface area (Å²) in [5.74, 6) is -0.314. The Morgan fingerprint density at radius 2 is 2.17 bits per heavy atom. The number of carbonyl (C=O) groups excluding carboxylic acids is 1. The first-order valence-corrected chi connectivity index (χ1v) is 8.15. The fourth-order valence-electron chi connectivity index (χ4n) is 3.44. The highest BCUT2D eigenvalue weighted by atomic mass is 16.3. The number of aromatic amines is 1. The van der Waals surface area contributed by atoms with Gasteiger partial charge in [-0.05, 0) is 32.0 Å². The van der Waals surface area contributed by atoms with Crippen molar-refractivity contribution < 1.29 is 9.90 Å². The van der Waals surface area contributed by atoms with Crippen LogP contribution >= 0.6 is 0 Å². The molecule has 124 valence electrons. The molecule has 23 heavy (non-hydrogen) atoms. The molecular weight excluding hydrogens is 290 g/mol. The number of piperidine rings is 1. The topological polar surface area (TPSA) is 59.6 Å². The molecule has 1 amide bonds. The zero-order valence-electron chi connectivity index (χ0n) is 14.0. The van der Waals surface area contributed by atoms with Crippen molar-refractivity contribution in [2.45, 2.75) is 26.0 Å². The molecular formula is C18H25N3O2. The minimum atomic E-state index is -0.537. The van der Waals surface area contributed by atoms with Crippen molar-refractivity contribution in [3.05, 3.63) is 35.5 Å². The van der Waals surface area contributed by atoms with E-state index in [1.54, 1.807) is 4.90 Å². The molecule has 3 rings (SSSR count). The average molecular weight is 315 g/mol. The third kappa shape index (κ3) is 3.12. The number of nitrogens with one attached hydrogen (secondary N) is 1. The van der Waals surface area contributed by atoms with Gasteiger partial charge in [0.1, 0.15) is 0 Å². The van der Waals surface area contributed by atoms with E-state index in [1.807, 2.05) is 32.3 Å². The number of nitrogens with zero attached hydrogens (tertiary/aromatic N) is 2. The van der Waals surface area contributed by atoms with Gasteiger partial charge in [0.05, 0.1) is 18.6 Å². The van der Waals surface area contributed by atoms with Crippen LogP contribution in [-0.4, -0.2) is 59.1 Å². The van der Waals surface area contributed by atoms with Crippen molar-refractivity contribution in [1.29, 1.82) is 0 Å². The fourth-order valence-corrected chi connectivity index (χ4v) is 3.44. The van der Waals surface area contributed by atoms with Crippen LogP contribution in [0.4, 0.5) is 0 Å². The molecule has 0 saturated carbocycles. The maximum atomic E-state index is 12.7. The minimum absolute atomic E-state index is 0.0158. The summed E-state index contributed by atoms with van der Waals surface area (Å²) in [6.07, 6.45) is 0.122. The molecule has 0 spiro atoms. The summed E-state index contributed by atoms with van der Waals surface area (Å²) in [5.41, 5.74) is 3.33. The Morgan fingerprint density at radius 1 is 1.43 bits per heavy atom. The number of benzene rings is 1. The predicted octanol–water partition coefficient (Wildman–Crippen LogP) is 1.75. The number of hydrogen-bond acceptors (Lipinski definition) is 3. The summed E-state index contributed by atoms with van der Waals surface area (Å²) >= 11 is 0. The van der Waals surface area contributed by atoms with E-state index in [2.05, 4.69) is 22.9 Å². The van der Waals surface area contributed by atoms with E-state index in [4.69, 9.17) is 0 Å². The van der Waals surface area contributed by atoms with Gasteiger partial charge in [-0.1, -0.05) is 18.2 Å². The second-order valence-electron chi connectivity index (χ2n) is 6.69. The lowest BCUT2D eigenvalue weighted by Gasteiger charge is -2.35. The minimum Gasteiger partial charge on any atom is -0.392 e. The van der Waals surface area contributed by atoms with Gasteiger partial charge in [0.15, 0.2) is 0 Å². The Hall–Kier alpha value is -1.85. The van der Waals surface area contributed by atoms with Gasteiger partial charge < -0.3 is 19.9 Å². The molecule has 1 aromatic heterocycles. The van der Waals surface area contributed by atoms with E-state index in [0.717, 1.165) is 17.8 Å². The highest BCUT2D eigenvalue weighted by molar-refractivity contribution is 5.85. The molecule has 0 aliphatic carbocycles. The smallest absolute Gasteiger partial charge is 0.229 e. The van der Waals surface area contributed by atoms with Crippen molar-refractivity contribution in [2.24, 2.45) is 5.92 Å². The SMILES string of the molecule is Cc1c(CN(C)C(=O)[C@@H]2CN(C)CC[C@@H]2O)[nH]c2ccccc12. The van der Waals surface area contributed by atoms with E-state index >= 15 is 0 Å². The molecule has 2 heterocycles. The van der Waals surface area contributed by atoms with Crippen LogP contribution in [0.15, 0.2) is 24.3 Å². The van der Waals surface area contributed by atoms with Crippen molar-refractivity contribution >= 4 is 16.8 Å². The average Bonchev–Trinajstić information content (AvgIpc) is 2.85. The van der Waals surface area contributed by atoms with Gasteiger partial charge in [-0.2, -0.15) is 0 Å². The number of aliphatic hydroxyl groups excluding tert-OH is 1. The lowest BCUT2D eigenvalue weighted by Crippen LogP contribution is -2.49. The molecule has 1 aliphatic rings. The summed E-state index contributed by atoms with van der Waals surface area (Å²) < 4.78 is 0. The molecule has 2 aromatic rings. The normalized spacial score (nSPS) is 22.4. The Kier molecular flexibility index (Phi) is 4.41. The van der Waals surface area contributed by atoms with Crippen molar-refractivity contribution in [3.8, 4) is 0 Å². The standard InChI is InChI=1S/C18H25N3O2/c1-12-13-6-4-5-7-15(13)19-16(12)11-21(3)18(23)14-10-20(2)9-8-17(14)22/h4-7,14,17,19,22H,8-11H2,1-3H3/t14-,17+/m1/s1. The van der Waals surface area contributed by atoms with E-state index < -0.39 is 6.10 Å². The summed E-state index contributed by atoms with van der Waals surface area (Å²) in [5, 5.41) is 11.4. The lowest BCUT2D eigenvalue weighted by atomic mass is 9.93. The lowest BCUT2D eigenvalue weighted by molar-refractivity contribution is -0.141. The molecule has 2 N–H and O–H groups in total. The zero-order chi connectivity index (χ0) is 16.6. The van der Waals surface area contributed by atoms with Gasteiger partial charge in [-0.3, -0.25) is 4.79 Å². The van der Waals surface area contributed by atoms with E-state index in [-0.39, 0.29) is 11.8 Å². The first-order valence-electron chi connectivity index (χ1n) is 8.15. The number of fused-ring (bicyclic) bond motifs is 1. The second-order valence-corrected chi connectivity index (χ2v) is 6.69. The highest BCUT2D eigenvalue weighted by Gasteiger charge is 2.33. The fraction of sp³-hybridized carbons (Fsp3) is 0.500. The monoisotopic (exact) mass is 315 g/mol. The van der Waals surface area contributed by atoms with Crippen LogP contribution in [0.1, 0.15) is 17.7 Å². The number of H-pyrrole nitrogens is 1.